The van der Waals surface area contributed by atoms with Gasteiger partial charge in [-0.25, -0.2) is 4.98 Å². The van der Waals surface area contributed by atoms with Gasteiger partial charge < -0.3 is 0 Å². The van der Waals surface area contributed by atoms with Crippen molar-refractivity contribution >= 4 is 23.4 Å². The van der Waals surface area contributed by atoms with Crippen molar-refractivity contribution in [3.63, 3.8) is 0 Å². The van der Waals surface area contributed by atoms with Gasteiger partial charge in [-0.05, 0) is 25.0 Å². The molecule has 0 saturated heterocycles. The van der Waals surface area contributed by atoms with Crippen LogP contribution >= 0.6 is 23.4 Å². The summed E-state index contributed by atoms with van der Waals surface area (Å²) in [5, 5.41) is 2.30. The summed E-state index contributed by atoms with van der Waals surface area (Å²) >= 11 is 7.66. The fourth-order valence-corrected chi connectivity index (χ4v) is 2.68. The number of nitrogens with zero attached hydrogens (tertiary/aromatic N) is 1. The van der Waals surface area contributed by atoms with Crippen molar-refractivity contribution in [1.29, 1.82) is 0 Å². The highest BCUT2D eigenvalue weighted by molar-refractivity contribution is 7.99. The Morgan fingerprint density at radius 2 is 2.21 bits per heavy atom. The van der Waals surface area contributed by atoms with Crippen LogP contribution in [0.1, 0.15) is 33.1 Å². The predicted octanol–water partition coefficient (Wildman–Crippen LogP) is 4.41. The lowest BCUT2D eigenvalue weighted by Crippen LogP contribution is -2.00. The molecule has 0 bridgehead atoms. The van der Waals surface area contributed by atoms with E-state index in [1.54, 1.807) is 0 Å². The monoisotopic (exact) mass is 229 g/mol. The summed E-state index contributed by atoms with van der Waals surface area (Å²) in [7, 11) is 0. The van der Waals surface area contributed by atoms with Gasteiger partial charge in [0, 0.05) is 5.25 Å². The largest absolute Gasteiger partial charge is 0.230 e. The predicted molar refractivity (Wildman–Crippen MR) is 64.1 cm³/mol. The minimum atomic E-state index is 0.585. The smallest absolute Gasteiger partial charge is 0.130 e. The molecule has 1 aromatic rings. The normalized spacial score (nSPS) is 12.8. The molecule has 0 amide bonds. The molecule has 0 fully saturated rings. The summed E-state index contributed by atoms with van der Waals surface area (Å²) in [6.45, 7) is 4.44. The first-order chi connectivity index (χ1) is 6.76. The van der Waals surface area contributed by atoms with E-state index >= 15 is 0 Å². The molecule has 78 valence electrons. The number of thioether (sulfide) groups is 1. The molecule has 0 radical (unpaired) electrons. The lowest BCUT2D eigenvalue weighted by atomic mass is 10.2. The Balaban J connectivity index is 2.57. The zero-order chi connectivity index (χ0) is 10.4. The maximum atomic E-state index is 5.82. The van der Waals surface area contributed by atoms with Crippen LogP contribution in [-0.2, 0) is 0 Å². The van der Waals surface area contributed by atoms with Crippen LogP contribution in [-0.4, -0.2) is 10.2 Å². The number of rotatable bonds is 5. The zero-order valence-corrected chi connectivity index (χ0v) is 10.2. The SMILES string of the molecule is CCCC(CC)Sc1cccc(Cl)n1. The zero-order valence-electron chi connectivity index (χ0n) is 8.66. The average Bonchev–Trinajstić information content (AvgIpc) is 2.17. The van der Waals surface area contributed by atoms with E-state index in [9.17, 15) is 0 Å². The van der Waals surface area contributed by atoms with Crippen LogP contribution in [0.2, 0.25) is 5.15 Å². The lowest BCUT2D eigenvalue weighted by Gasteiger charge is -2.12. The average molecular weight is 230 g/mol. The van der Waals surface area contributed by atoms with Crippen molar-refractivity contribution in [3.8, 4) is 0 Å². The number of hydrogen-bond donors (Lipinski definition) is 0. The van der Waals surface area contributed by atoms with Gasteiger partial charge in [0.2, 0.25) is 0 Å². The minimum absolute atomic E-state index is 0.585. The van der Waals surface area contributed by atoms with Gasteiger partial charge in [-0.3, -0.25) is 0 Å². The van der Waals surface area contributed by atoms with Gasteiger partial charge in [0.15, 0.2) is 0 Å². The second-order valence-corrected chi connectivity index (χ2v) is 4.94. The highest BCUT2D eigenvalue weighted by Gasteiger charge is 2.07. The summed E-state index contributed by atoms with van der Waals surface area (Å²) in [5.74, 6) is 0. The molecule has 0 aliphatic rings. The second-order valence-electron chi connectivity index (χ2n) is 3.24. The molecule has 1 nitrogen and oxygen atoms in total. The van der Waals surface area contributed by atoms with E-state index in [1.807, 2.05) is 30.0 Å². The number of pyridine rings is 1. The topological polar surface area (TPSA) is 12.9 Å². The molecular formula is C11H16ClNS. The molecule has 0 aliphatic heterocycles. The van der Waals surface area contributed by atoms with Gasteiger partial charge >= 0.3 is 0 Å². The molecule has 1 aromatic heterocycles. The maximum absolute atomic E-state index is 5.82. The Morgan fingerprint density at radius 3 is 2.79 bits per heavy atom. The fraction of sp³-hybridized carbons (Fsp3) is 0.545. The molecule has 3 heteroatoms. The maximum Gasteiger partial charge on any atom is 0.130 e. The molecule has 0 aromatic carbocycles. The molecule has 0 spiro atoms. The van der Waals surface area contributed by atoms with Crippen molar-refractivity contribution < 1.29 is 0 Å². The first-order valence-corrected chi connectivity index (χ1v) is 6.31. The summed E-state index contributed by atoms with van der Waals surface area (Å²) in [4.78, 5) is 4.27. The number of hydrogen-bond acceptors (Lipinski definition) is 2. The minimum Gasteiger partial charge on any atom is -0.230 e. The molecule has 0 N–H and O–H groups in total. The van der Waals surface area contributed by atoms with Crippen LogP contribution in [0.5, 0.6) is 0 Å². The highest BCUT2D eigenvalue weighted by atomic mass is 35.5. The number of halogens is 1. The van der Waals surface area contributed by atoms with E-state index in [-0.39, 0.29) is 0 Å². The summed E-state index contributed by atoms with van der Waals surface area (Å²) in [5.41, 5.74) is 0. The Labute approximate surface area is 95.3 Å². The van der Waals surface area contributed by atoms with Crippen LogP contribution in [0.4, 0.5) is 0 Å². The van der Waals surface area contributed by atoms with Crippen LogP contribution < -0.4 is 0 Å². The van der Waals surface area contributed by atoms with Gasteiger partial charge in [-0.2, -0.15) is 0 Å². The molecule has 1 atom stereocenters. The third-order valence-electron chi connectivity index (χ3n) is 2.04. The van der Waals surface area contributed by atoms with Gasteiger partial charge in [0.25, 0.3) is 0 Å². The van der Waals surface area contributed by atoms with Gasteiger partial charge in [-0.15, -0.1) is 11.8 Å². The van der Waals surface area contributed by atoms with Crippen LogP contribution in [0.3, 0.4) is 0 Å². The van der Waals surface area contributed by atoms with Crippen molar-refractivity contribution in [2.45, 2.75) is 43.4 Å². The Morgan fingerprint density at radius 1 is 1.43 bits per heavy atom. The van der Waals surface area contributed by atoms with Crippen molar-refractivity contribution in [1.82, 2.24) is 4.98 Å². The fourth-order valence-electron chi connectivity index (χ4n) is 1.29. The first kappa shape index (κ1) is 11.9. The summed E-state index contributed by atoms with van der Waals surface area (Å²) < 4.78 is 0. The summed E-state index contributed by atoms with van der Waals surface area (Å²) in [6.07, 6.45) is 3.66. The molecule has 1 heterocycles. The van der Waals surface area contributed by atoms with E-state index in [0.29, 0.717) is 10.4 Å². The highest BCUT2D eigenvalue weighted by Crippen LogP contribution is 2.27. The van der Waals surface area contributed by atoms with Gasteiger partial charge in [0.05, 0.1) is 5.03 Å². The third kappa shape index (κ3) is 3.89. The van der Waals surface area contributed by atoms with E-state index in [2.05, 4.69) is 18.8 Å². The van der Waals surface area contributed by atoms with E-state index < -0.39 is 0 Å². The van der Waals surface area contributed by atoms with E-state index in [0.717, 1.165) is 5.03 Å². The van der Waals surface area contributed by atoms with Crippen molar-refractivity contribution in [2.75, 3.05) is 0 Å². The van der Waals surface area contributed by atoms with Crippen molar-refractivity contribution in [2.24, 2.45) is 0 Å². The lowest BCUT2D eigenvalue weighted by molar-refractivity contribution is 0.718. The van der Waals surface area contributed by atoms with Gasteiger partial charge in [-0.1, -0.05) is 37.9 Å². The quantitative estimate of drug-likeness (QED) is 0.548. The molecule has 0 aliphatic carbocycles. The Bertz CT molecular complexity index is 278. The second kappa shape index (κ2) is 6.31. The van der Waals surface area contributed by atoms with Crippen molar-refractivity contribution in [3.05, 3.63) is 23.4 Å². The first-order valence-electron chi connectivity index (χ1n) is 5.05. The number of aromatic nitrogens is 1. The Hall–Kier alpha value is -0.210. The molecule has 1 unspecified atom stereocenters. The standard InChI is InChI=1S/C11H16ClNS/c1-3-6-9(4-2)14-11-8-5-7-10(12)13-11/h5,7-9H,3-4,6H2,1-2H3. The van der Waals surface area contributed by atoms with Crippen LogP contribution in [0, 0.1) is 0 Å². The van der Waals surface area contributed by atoms with Gasteiger partial charge in [0.1, 0.15) is 5.15 Å². The molecule has 14 heavy (non-hydrogen) atoms. The van der Waals surface area contributed by atoms with E-state index in [1.165, 1.54) is 19.3 Å². The van der Waals surface area contributed by atoms with Crippen LogP contribution in [0.15, 0.2) is 23.2 Å². The third-order valence-corrected chi connectivity index (χ3v) is 3.62. The van der Waals surface area contributed by atoms with Crippen LogP contribution in [0.25, 0.3) is 0 Å². The molecule has 0 saturated carbocycles. The Kier molecular flexibility index (Phi) is 5.34. The molecular weight excluding hydrogens is 214 g/mol. The molecule has 1 rings (SSSR count). The summed E-state index contributed by atoms with van der Waals surface area (Å²) in [6, 6.07) is 5.79. The van der Waals surface area contributed by atoms with E-state index in [4.69, 9.17) is 11.6 Å².